The molecule has 2 aromatic heterocycles. The number of carbonyl (C=O) groups excluding carboxylic acids is 1. The first-order chi connectivity index (χ1) is 6.92. The summed E-state index contributed by atoms with van der Waals surface area (Å²) in [4.78, 5) is 18.1. The third kappa shape index (κ3) is 1.48. The van der Waals surface area contributed by atoms with Crippen LogP contribution >= 0.6 is 0 Å². The van der Waals surface area contributed by atoms with Crippen molar-refractivity contribution in [2.75, 3.05) is 0 Å². The average Bonchev–Trinajstić information content (AvgIpc) is 2.63. The molecule has 0 atom stereocenters. The predicted octanol–water partition coefficient (Wildman–Crippen LogP) is 0.670. The first kappa shape index (κ1) is 8.45. The number of aromatic nitrogens is 3. The smallest absolute Gasteiger partial charge is 0.156 e. The van der Waals surface area contributed by atoms with Crippen LogP contribution in [0, 0.1) is 11.8 Å². The van der Waals surface area contributed by atoms with Crippen molar-refractivity contribution in [2.24, 2.45) is 0 Å². The first-order valence-corrected chi connectivity index (χ1v) is 4.11. The Kier molecular flexibility index (Phi) is 2.24. The van der Waals surface area contributed by atoms with Gasteiger partial charge in [0.25, 0.3) is 0 Å². The summed E-state index contributed by atoms with van der Waals surface area (Å²) in [6.07, 6.45) is 7.79. The molecule has 2 heterocycles. The lowest BCUT2D eigenvalue weighted by atomic mass is 10.4. The molecule has 0 saturated heterocycles. The van der Waals surface area contributed by atoms with Crippen LogP contribution in [0.2, 0.25) is 0 Å². The quantitative estimate of drug-likeness (QED) is 0.484. The van der Waals surface area contributed by atoms with Gasteiger partial charge in [-0.2, -0.15) is 0 Å². The van der Waals surface area contributed by atoms with Crippen molar-refractivity contribution in [3.63, 3.8) is 0 Å². The lowest BCUT2D eigenvalue weighted by Gasteiger charge is -1.91. The van der Waals surface area contributed by atoms with Gasteiger partial charge in [-0.15, -0.1) is 0 Å². The zero-order valence-electron chi connectivity index (χ0n) is 7.34. The van der Waals surface area contributed by atoms with Crippen LogP contribution in [0.3, 0.4) is 0 Å². The van der Waals surface area contributed by atoms with Crippen molar-refractivity contribution in [3.8, 4) is 11.8 Å². The molecule has 2 aromatic rings. The Morgan fingerprint density at radius 1 is 1.50 bits per heavy atom. The highest BCUT2D eigenvalue weighted by atomic mass is 16.1. The van der Waals surface area contributed by atoms with Crippen LogP contribution in [0.5, 0.6) is 0 Å². The van der Waals surface area contributed by atoms with Crippen molar-refractivity contribution in [2.45, 2.75) is 6.42 Å². The van der Waals surface area contributed by atoms with Crippen LogP contribution in [0.15, 0.2) is 24.8 Å². The fraction of sp³-hybridized carbons (Fsp3) is 0.100. The molecule has 68 valence electrons. The molecule has 0 saturated carbocycles. The predicted molar refractivity (Wildman–Crippen MR) is 50.5 cm³/mol. The van der Waals surface area contributed by atoms with Gasteiger partial charge in [-0.05, 0) is 5.92 Å². The van der Waals surface area contributed by atoms with Gasteiger partial charge in [-0.25, -0.2) is 4.98 Å². The summed E-state index contributed by atoms with van der Waals surface area (Å²) in [7, 11) is 0. The highest BCUT2D eigenvalue weighted by Gasteiger charge is 1.97. The van der Waals surface area contributed by atoms with Crippen LogP contribution in [0.1, 0.15) is 12.1 Å². The molecular weight excluding hydrogens is 178 g/mol. The third-order valence-electron chi connectivity index (χ3n) is 1.72. The Morgan fingerprint density at radius 2 is 2.43 bits per heavy atom. The topological polar surface area (TPSA) is 47.3 Å². The second-order valence-corrected chi connectivity index (χ2v) is 2.62. The van der Waals surface area contributed by atoms with Crippen molar-refractivity contribution in [3.05, 3.63) is 30.5 Å². The van der Waals surface area contributed by atoms with Gasteiger partial charge in [0.15, 0.2) is 5.65 Å². The molecule has 0 N–H and O–H groups in total. The number of imidazole rings is 1. The van der Waals surface area contributed by atoms with Crippen LogP contribution in [0.4, 0.5) is 0 Å². The van der Waals surface area contributed by atoms with Gasteiger partial charge in [-0.3, -0.25) is 9.38 Å². The normalized spacial score (nSPS) is 9.43. The van der Waals surface area contributed by atoms with E-state index in [9.17, 15) is 4.79 Å². The Hall–Kier alpha value is -2.15. The largest absolute Gasteiger partial charge is 0.302 e. The van der Waals surface area contributed by atoms with E-state index < -0.39 is 0 Å². The summed E-state index contributed by atoms with van der Waals surface area (Å²) in [5.74, 6) is 5.59. The van der Waals surface area contributed by atoms with Gasteiger partial charge in [0.2, 0.25) is 0 Å². The number of hydrogen-bond acceptors (Lipinski definition) is 3. The second-order valence-electron chi connectivity index (χ2n) is 2.62. The molecule has 14 heavy (non-hydrogen) atoms. The minimum Gasteiger partial charge on any atom is -0.302 e. The maximum absolute atomic E-state index is 10.1. The standard InChI is InChI=1S/C10H7N3O/c14-6-2-1-3-9-7-12-10-8-11-4-5-13(9)10/h4-8H,2H2. The molecule has 0 radical (unpaired) electrons. The van der Waals surface area contributed by atoms with Crippen LogP contribution < -0.4 is 0 Å². The minimum atomic E-state index is 0.248. The minimum absolute atomic E-state index is 0.248. The van der Waals surface area contributed by atoms with Gasteiger partial charge in [0.05, 0.1) is 18.8 Å². The summed E-state index contributed by atoms with van der Waals surface area (Å²) in [6.45, 7) is 0. The molecular formula is C10H7N3O. The molecule has 0 aliphatic heterocycles. The Morgan fingerprint density at radius 3 is 3.29 bits per heavy atom. The molecule has 0 amide bonds. The summed E-state index contributed by atoms with van der Waals surface area (Å²) in [6, 6.07) is 0. The summed E-state index contributed by atoms with van der Waals surface area (Å²) >= 11 is 0. The molecule has 0 aromatic carbocycles. The Bertz CT molecular complexity index is 519. The maximum Gasteiger partial charge on any atom is 0.156 e. The van der Waals surface area contributed by atoms with Crippen LogP contribution in [-0.2, 0) is 4.79 Å². The third-order valence-corrected chi connectivity index (χ3v) is 1.72. The van der Waals surface area contributed by atoms with Crippen molar-refractivity contribution >= 4 is 11.9 Å². The van der Waals surface area contributed by atoms with E-state index in [1.807, 2.05) is 4.40 Å². The SMILES string of the molecule is O=CCC#Cc1cnc2cnccn12. The molecule has 0 spiro atoms. The molecule has 2 rings (SSSR count). The molecule has 4 nitrogen and oxygen atoms in total. The lowest BCUT2D eigenvalue weighted by Crippen LogP contribution is -1.87. The number of nitrogens with zero attached hydrogens (tertiary/aromatic N) is 3. The number of carbonyl (C=O) groups is 1. The molecule has 0 fully saturated rings. The zero-order valence-corrected chi connectivity index (χ0v) is 7.34. The van der Waals surface area contributed by atoms with E-state index in [1.54, 1.807) is 24.8 Å². The average molecular weight is 185 g/mol. The number of hydrogen-bond donors (Lipinski definition) is 0. The first-order valence-electron chi connectivity index (χ1n) is 4.11. The van der Waals surface area contributed by atoms with Gasteiger partial charge in [-0.1, -0.05) is 5.92 Å². The van der Waals surface area contributed by atoms with E-state index in [0.29, 0.717) is 0 Å². The van der Waals surface area contributed by atoms with Gasteiger partial charge < -0.3 is 4.79 Å². The fourth-order valence-electron chi connectivity index (χ4n) is 1.12. The van der Waals surface area contributed by atoms with Gasteiger partial charge in [0.1, 0.15) is 12.0 Å². The van der Waals surface area contributed by atoms with Crippen molar-refractivity contribution in [1.82, 2.24) is 14.4 Å². The number of fused-ring (bicyclic) bond motifs is 1. The summed E-state index contributed by atoms with van der Waals surface area (Å²) in [5, 5.41) is 0. The highest BCUT2D eigenvalue weighted by Crippen LogP contribution is 2.02. The lowest BCUT2D eigenvalue weighted by molar-refractivity contribution is -0.107. The Labute approximate surface area is 80.6 Å². The molecule has 0 bridgehead atoms. The summed E-state index contributed by atoms with van der Waals surface area (Å²) < 4.78 is 1.82. The second kappa shape index (κ2) is 3.71. The van der Waals surface area contributed by atoms with E-state index in [0.717, 1.165) is 17.6 Å². The molecule has 0 unspecified atom stereocenters. The van der Waals surface area contributed by atoms with Crippen LogP contribution in [0.25, 0.3) is 5.65 Å². The van der Waals surface area contributed by atoms with E-state index in [-0.39, 0.29) is 6.42 Å². The van der Waals surface area contributed by atoms with E-state index in [4.69, 9.17) is 0 Å². The number of aldehydes is 1. The van der Waals surface area contributed by atoms with E-state index in [2.05, 4.69) is 21.8 Å². The van der Waals surface area contributed by atoms with Crippen LogP contribution in [-0.4, -0.2) is 20.7 Å². The monoisotopic (exact) mass is 185 g/mol. The molecule has 0 aliphatic carbocycles. The highest BCUT2D eigenvalue weighted by molar-refractivity contribution is 5.55. The van der Waals surface area contributed by atoms with E-state index in [1.165, 1.54) is 0 Å². The van der Waals surface area contributed by atoms with Gasteiger partial charge in [0, 0.05) is 12.4 Å². The molecule has 4 heteroatoms. The Balaban J connectivity index is 2.44. The summed E-state index contributed by atoms with van der Waals surface area (Å²) in [5.41, 5.74) is 1.52. The number of rotatable bonds is 1. The van der Waals surface area contributed by atoms with Crippen molar-refractivity contribution in [1.29, 1.82) is 0 Å². The van der Waals surface area contributed by atoms with E-state index >= 15 is 0 Å². The van der Waals surface area contributed by atoms with Gasteiger partial charge >= 0.3 is 0 Å². The van der Waals surface area contributed by atoms with Crippen molar-refractivity contribution < 1.29 is 4.79 Å². The molecule has 0 aliphatic rings. The zero-order chi connectivity index (χ0) is 9.80. The maximum atomic E-state index is 10.1. The fourth-order valence-corrected chi connectivity index (χ4v) is 1.12.